The standard InChI is InChI=1S/C20H38O2/c1-2-3-4-5-6-7-8-9-10-11-14-17-20(22)18-15-12-13-16-19-21/h9-10,13,16,20-22H,2-8,11-12,14-15,17-19H2,1H3/b10-9-,16-13?. The molecule has 2 heteroatoms. The fraction of sp³-hybridized carbons (Fsp3) is 0.800. The fourth-order valence-electron chi connectivity index (χ4n) is 2.56. The van der Waals surface area contributed by atoms with Crippen LogP contribution in [0.2, 0.25) is 0 Å². The average molecular weight is 311 g/mol. The molecular weight excluding hydrogens is 272 g/mol. The largest absolute Gasteiger partial charge is 0.393 e. The predicted molar refractivity (Wildman–Crippen MR) is 97.1 cm³/mol. The normalized spacial score (nSPS) is 13.4. The Morgan fingerprint density at radius 2 is 1.18 bits per heavy atom. The predicted octanol–water partition coefficient (Wildman–Crippen LogP) is 5.54. The zero-order valence-corrected chi connectivity index (χ0v) is 14.7. The molecule has 22 heavy (non-hydrogen) atoms. The van der Waals surface area contributed by atoms with E-state index < -0.39 is 0 Å². The van der Waals surface area contributed by atoms with E-state index in [4.69, 9.17) is 5.11 Å². The van der Waals surface area contributed by atoms with Gasteiger partial charge in [0.05, 0.1) is 12.7 Å². The molecule has 0 fully saturated rings. The quantitative estimate of drug-likeness (QED) is 0.290. The molecule has 0 bridgehead atoms. The Bertz CT molecular complexity index is 258. The number of unbranched alkanes of at least 4 members (excludes halogenated alkanes) is 8. The molecule has 0 aliphatic heterocycles. The van der Waals surface area contributed by atoms with Crippen LogP contribution in [-0.4, -0.2) is 22.9 Å². The molecule has 130 valence electrons. The molecule has 0 aliphatic carbocycles. The van der Waals surface area contributed by atoms with Gasteiger partial charge in [0.25, 0.3) is 0 Å². The average Bonchev–Trinajstić information content (AvgIpc) is 2.52. The third-order valence-corrected chi connectivity index (χ3v) is 3.98. The van der Waals surface area contributed by atoms with Crippen LogP contribution in [0, 0.1) is 0 Å². The van der Waals surface area contributed by atoms with Gasteiger partial charge in [-0.15, -0.1) is 0 Å². The summed E-state index contributed by atoms with van der Waals surface area (Å²) in [5.41, 5.74) is 0. The second-order valence-corrected chi connectivity index (χ2v) is 6.20. The molecular formula is C20H38O2. The van der Waals surface area contributed by atoms with Gasteiger partial charge < -0.3 is 10.2 Å². The van der Waals surface area contributed by atoms with E-state index in [-0.39, 0.29) is 12.7 Å². The van der Waals surface area contributed by atoms with Gasteiger partial charge in [-0.3, -0.25) is 0 Å². The molecule has 0 saturated heterocycles. The molecule has 0 aliphatic rings. The Morgan fingerprint density at radius 1 is 0.682 bits per heavy atom. The van der Waals surface area contributed by atoms with Crippen molar-refractivity contribution in [2.75, 3.05) is 6.61 Å². The molecule has 2 nitrogen and oxygen atoms in total. The van der Waals surface area contributed by atoms with Gasteiger partial charge in [0.1, 0.15) is 0 Å². The van der Waals surface area contributed by atoms with Crippen molar-refractivity contribution >= 4 is 0 Å². The Labute approximate surface area is 138 Å². The van der Waals surface area contributed by atoms with Crippen LogP contribution in [0.4, 0.5) is 0 Å². The first-order valence-electron chi connectivity index (χ1n) is 9.40. The summed E-state index contributed by atoms with van der Waals surface area (Å²) in [4.78, 5) is 0. The summed E-state index contributed by atoms with van der Waals surface area (Å²) in [5.74, 6) is 0. The van der Waals surface area contributed by atoms with Crippen LogP contribution in [0.15, 0.2) is 24.3 Å². The van der Waals surface area contributed by atoms with Crippen LogP contribution in [0.3, 0.4) is 0 Å². The summed E-state index contributed by atoms with van der Waals surface area (Å²) in [5, 5.41) is 18.5. The second kappa shape index (κ2) is 18.4. The van der Waals surface area contributed by atoms with Crippen LogP contribution >= 0.6 is 0 Å². The second-order valence-electron chi connectivity index (χ2n) is 6.20. The SMILES string of the molecule is CCCCCCCC/C=C\CCCC(O)CCCC=CCO. The maximum absolute atomic E-state index is 9.85. The van der Waals surface area contributed by atoms with Crippen molar-refractivity contribution in [3.8, 4) is 0 Å². The lowest BCUT2D eigenvalue weighted by molar-refractivity contribution is 0.150. The molecule has 0 rings (SSSR count). The van der Waals surface area contributed by atoms with Crippen molar-refractivity contribution in [2.24, 2.45) is 0 Å². The first kappa shape index (κ1) is 21.4. The zero-order chi connectivity index (χ0) is 16.3. The molecule has 0 heterocycles. The zero-order valence-electron chi connectivity index (χ0n) is 14.7. The number of aliphatic hydroxyl groups is 2. The summed E-state index contributed by atoms with van der Waals surface area (Å²) in [6.45, 7) is 2.38. The maximum Gasteiger partial charge on any atom is 0.0612 e. The minimum absolute atomic E-state index is 0.119. The Balaban J connectivity index is 3.26. The first-order valence-corrected chi connectivity index (χ1v) is 9.40. The van der Waals surface area contributed by atoms with Gasteiger partial charge in [0, 0.05) is 0 Å². The summed E-state index contributed by atoms with van der Waals surface area (Å²) in [7, 11) is 0. The molecule has 0 radical (unpaired) electrons. The fourth-order valence-corrected chi connectivity index (χ4v) is 2.56. The monoisotopic (exact) mass is 310 g/mol. The lowest BCUT2D eigenvalue weighted by atomic mass is 10.1. The van der Waals surface area contributed by atoms with E-state index in [1.165, 1.54) is 44.9 Å². The summed E-state index contributed by atoms with van der Waals surface area (Å²) >= 11 is 0. The third kappa shape index (κ3) is 17.5. The summed E-state index contributed by atoms with van der Waals surface area (Å²) < 4.78 is 0. The van der Waals surface area contributed by atoms with Crippen LogP contribution in [0.25, 0.3) is 0 Å². The van der Waals surface area contributed by atoms with Crippen LogP contribution in [0.1, 0.15) is 90.4 Å². The van der Waals surface area contributed by atoms with Gasteiger partial charge >= 0.3 is 0 Å². The smallest absolute Gasteiger partial charge is 0.0612 e. The van der Waals surface area contributed by atoms with E-state index in [1.807, 2.05) is 6.08 Å². The van der Waals surface area contributed by atoms with Crippen molar-refractivity contribution in [2.45, 2.75) is 96.5 Å². The number of hydrogen-bond acceptors (Lipinski definition) is 2. The van der Waals surface area contributed by atoms with Gasteiger partial charge in [-0.2, -0.15) is 0 Å². The highest BCUT2D eigenvalue weighted by Crippen LogP contribution is 2.10. The molecule has 1 atom stereocenters. The van der Waals surface area contributed by atoms with Crippen molar-refractivity contribution in [1.29, 1.82) is 0 Å². The first-order chi connectivity index (χ1) is 10.8. The van der Waals surface area contributed by atoms with Crippen molar-refractivity contribution < 1.29 is 10.2 Å². The minimum atomic E-state index is -0.158. The maximum atomic E-state index is 9.85. The third-order valence-electron chi connectivity index (χ3n) is 3.98. The van der Waals surface area contributed by atoms with E-state index in [2.05, 4.69) is 19.1 Å². The molecule has 0 saturated carbocycles. The summed E-state index contributed by atoms with van der Waals surface area (Å²) in [6.07, 6.45) is 23.5. The van der Waals surface area contributed by atoms with E-state index in [0.29, 0.717) is 0 Å². The van der Waals surface area contributed by atoms with Gasteiger partial charge in [-0.1, -0.05) is 63.3 Å². The van der Waals surface area contributed by atoms with Crippen molar-refractivity contribution in [3.05, 3.63) is 24.3 Å². The highest BCUT2D eigenvalue weighted by molar-refractivity contribution is 4.82. The highest BCUT2D eigenvalue weighted by atomic mass is 16.3. The van der Waals surface area contributed by atoms with E-state index in [9.17, 15) is 5.11 Å². The molecule has 0 aromatic heterocycles. The summed E-state index contributed by atoms with van der Waals surface area (Å²) in [6, 6.07) is 0. The highest BCUT2D eigenvalue weighted by Gasteiger charge is 2.01. The number of hydrogen-bond donors (Lipinski definition) is 2. The molecule has 0 spiro atoms. The Morgan fingerprint density at radius 3 is 1.77 bits per heavy atom. The van der Waals surface area contributed by atoms with Crippen molar-refractivity contribution in [3.63, 3.8) is 0 Å². The van der Waals surface area contributed by atoms with E-state index in [1.54, 1.807) is 6.08 Å². The molecule has 0 aromatic carbocycles. The lowest BCUT2D eigenvalue weighted by Gasteiger charge is -2.08. The topological polar surface area (TPSA) is 40.5 Å². The van der Waals surface area contributed by atoms with E-state index >= 15 is 0 Å². The van der Waals surface area contributed by atoms with Gasteiger partial charge in [0.15, 0.2) is 0 Å². The molecule has 2 N–H and O–H groups in total. The van der Waals surface area contributed by atoms with Crippen LogP contribution in [-0.2, 0) is 0 Å². The lowest BCUT2D eigenvalue weighted by Crippen LogP contribution is -2.05. The molecule has 1 unspecified atom stereocenters. The van der Waals surface area contributed by atoms with Crippen LogP contribution < -0.4 is 0 Å². The number of allylic oxidation sites excluding steroid dienone is 3. The van der Waals surface area contributed by atoms with Gasteiger partial charge in [0.2, 0.25) is 0 Å². The molecule has 0 aromatic rings. The van der Waals surface area contributed by atoms with Crippen LogP contribution in [0.5, 0.6) is 0 Å². The molecule has 0 amide bonds. The van der Waals surface area contributed by atoms with Gasteiger partial charge in [-0.05, 0) is 51.4 Å². The van der Waals surface area contributed by atoms with Crippen molar-refractivity contribution in [1.82, 2.24) is 0 Å². The Hall–Kier alpha value is -0.600. The van der Waals surface area contributed by atoms with Gasteiger partial charge in [-0.25, -0.2) is 0 Å². The minimum Gasteiger partial charge on any atom is -0.393 e. The Kier molecular flexibility index (Phi) is 17.9. The van der Waals surface area contributed by atoms with E-state index in [0.717, 1.165) is 38.5 Å². The number of rotatable bonds is 16. The number of aliphatic hydroxyl groups excluding tert-OH is 2.